The van der Waals surface area contributed by atoms with Crippen LogP contribution in [0.5, 0.6) is 0 Å². The Balaban J connectivity index is 2.27. The monoisotopic (exact) mass is 267 g/mol. The molecule has 1 atom stereocenters. The number of aromatic nitrogens is 2. The molecule has 0 saturated heterocycles. The van der Waals surface area contributed by atoms with Gasteiger partial charge in [0.2, 0.25) is 5.91 Å². The van der Waals surface area contributed by atoms with Crippen molar-refractivity contribution in [3.8, 4) is 0 Å². The number of carbonyl (C=O) groups is 1. The lowest BCUT2D eigenvalue weighted by atomic mass is 10.1. The van der Waals surface area contributed by atoms with Gasteiger partial charge in [0.25, 0.3) is 0 Å². The molecule has 0 radical (unpaired) electrons. The quantitative estimate of drug-likeness (QED) is 0.663. The van der Waals surface area contributed by atoms with Crippen LogP contribution in [0.4, 0.5) is 0 Å². The molecule has 19 heavy (non-hydrogen) atoms. The SMILES string of the molecule is CCN(CC)CCCNC(=O)C(N)c1cnn(C)c1. The van der Waals surface area contributed by atoms with E-state index in [2.05, 4.69) is 29.2 Å². The Labute approximate surface area is 114 Å². The van der Waals surface area contributed by atoms with Gasteiger partial charge in [0.15, 0.2) is 0 Å². The van der Waals surface area contributed by atoms with Gasteiger partial charge in [-0.15, -0.1) is 0 Å². The summed E-state index contributed by atoms with van der Waals surface area (Å²) in [7, 11) is 1.80. The summed E-state index contributed by atoms with van der Waals surface area (Å²) in [6.07, 6.45) is 4.33. The highest BCUT2D eigenvalue weighted by Crippen LogP contribution is 2.07. The Morgan fingerprint density at radius 1 is 1.53 bits per heavy atom. The molecule has 1 unspecified atom stereocenters. The summed E-state index contributed by atoms with van der Waals surface area (Å²) in [4.78, 5) is 14.2. The summed E-state index contributed by atoms with van der Waals surface area (Å²) in [5, 5.41) is 6.88. The van der Waals surface area contributed by atoms with Crippen molar-refractivity contribution in [3.05, 3.63) is 18.0 Å². The number of hydrogen-bond donors (Lipinski definition) is 2. The first-order valence-corrected chi connectivity index (χ1v) is 6.82. The highest BCUT2D eigenvalue weighted by Gasteiger charge is 2.16. The molecule has 0 saturated carbocycles. The first kappa shape index (κ1) is 15.7. The number of carbonyl (C=O) groups excluding carboxylic acids is 1. The van der Waals surface area contributed by atoms with Crippen molar-refractivity contribution in [2.24, 2.45) is 12.8 Å². The van der Waals surface area contributed by atoms with E-state index in [1.54, 1.807) is 24.1 Å². The van der Waals surface area contributed by atoms with E-state index in [-0.39, 0.29) is 5.91 Å². The van der Waals surface area contributed by atoms with E-state index in [1.807, 2.05) is 0 Å². The fourth-order valence-corrected chi connectivity index (χ4v) is 1.92. The summed E-state index contributed by atoms with van der Waals surface area (Å²) in [5.41, 5.74) is 6.61. The second-order valence-electron chi connectivity index (χ2n) is 4.60. The van der Waals surface area contributed by atoms with E-state index >= 15 is 0 Å². The first-order valence-electron chi connectivity index (χ1n) is 6.82. The van der Waals surface area contributed by atoms with Gasteiger partial charge in [-0.25, -0.2) is 0 Å². The van der Waals surface area contributed by atoms with Crippen molar-refractivity contribution in [3.63, 3.8) is 0 Å². The van der Waals surface area contributed by atoms with Gasteiger partial charge in [0, 0.05) is 25.4 Å². The largest absolute Gasteiger partial charge is 0.354 e. The maximum absolute atomic E-state index is 11.8. The van der Waals surface area contributed by atoms with Crippen LogP contribution in [0.25, 0.3) is 0 Å². The summed E-state index contributed by atoms with van der Waals surface area (Å²) in [6.45, 7) is 8.01. The van der Waals surface area contributed by atoms with Crippen LogP contribution in [-0.2, 0) is 11.8 Å². The zero-order valence-corrected chi connectivity index (χ0v) is 12.1. The summed E-state index contributed by atoms with van der Waals surface area (Å²) >= 11 is 0. The summed E-state index contributed by atoms with van der Waals surface area (Å²) < 4.78 is 1.64. The molecule has 108 valence electrons. The number of nitrogens with one attached hydrogen (secondary N) is 1. The topological polar surface area (TPSA) is 76.2 Å². The van der Waals surface area contributed by atoms with E-state index in [4.69, 9.17) is 5.73 Å². The fraction of sp³-hybridized carbons (Fsp3) is 0.692. The third kappa shape index (κ3) is 5.00. The van der Waals surface area contributed by atoms with Crippen molar-refractivity contribution < 1.29 is 4.79 Å². The Morgan fingerprint density at radius 3 is 2.74 bits per heavy atom. The number of nitrogens with two attached hydrogens (primary N) is 1. The number of aryl methyl sites for hydroxylation is 1. The fourth-order valence-electron chi connectivity index (χ4n) is 1.92. The molecule has 0 aromatic carbocycles. The minimum atomic E-state index is -0.637. The van der Waals surface area contributed by atoms with Crippen molar-refractivity contribution in [2.45, 2.75) is 26.3 Å². The molecule has 3 N–H and O–H groups in total. The molecule has 0 aliphatic carbocycles. The van der Waals surface area contributed by atoms with Gasteiger partial charge in [-0.2, -0.15) is 5.10 Å². The Morgan fingerprint density at radius 2 is 2.21 bits per heavy atom. The van der Waals surface area contributed by atoms with Crippen LogP contribution < -0.4 is 11.1 Å². The zero-order valence-electron chi connectivity index (χ0n) is 12.1. The molecular weight excluding hydrogens is 242 g/mol. The van der Waals surface area contributed by atoms with Crippen LogP contribution in [0.2, 0.25) is 0 Å². The number of nitrogens with zero attached hydrogens (tertiary/aromatic N) is 3. The van der Waals surface area contributed by atoms with Gasteiger partial charge < -0.3 is 16.0 Å². The molecule has 1 heterocycles. The third-order valence-corrected chi connectivity index (χ3v) is 3.21. The lowest BCUT2D eigenvalue weighted by Crippen LogP contribution is -2.36. The van der Waals surface area contributed by atoms with Crippen LogP contribution in [0.1, 0.15) is 31.9 Å². The van der Waals surface area contributed by atoms with Gasteiger partial charge in [-0.3, -0.25) is 9.48 Å². The van der Waals surface area contributed by atoms with Gasteiger partial charge in [-0.1, -0.05) is 13.8 Å². The molecule has 1 aromatic rings. The molecule has 1 rings (SSSR count). The molecule has 0 spiro atoms. The van der Waals surface area contributed by atoms with Crippen LogP contribution in [0, 0.1) is 0 Å². The normalized spacial score (nSPS) is 12.7. The molecule has 0 aliphatic heterocycles. The molecule has 0 bridgehead atoms. The minimum absolute atomic E-state index is 0.146. The average molecular weight is 267 g/mol. The Bertz CT molecular complexity index is 386. The van der Waals surface area contributed by atoms with E-state index in [9.17, 15) is 4.79 Å². The van der Waals surface area contributed by atoms with Crippen molar-refractivity contribution in [1.82, 2.24) is 20.0 Å². The van der Waals surface area contributed by atoms with Crippen molar-refractivity contribution in [2.75, 3.05) is 26.2 Å². The molecule has 6 nitrogen and oxygen atoms in total. The van der Waals surface area contributed by atoms with Gasteiger partial charge in [0.05, 0.1) is 6.20 Å². The Kier molecular flexibility index (Phi) is 6.52. The molecular formula is C13H25N5O. The first-order chi connectivity index (χ1) is 9.08. The van der Waals surface area contributed by atoms with Crippen LogP contribution in [0.15, 0.2) is 12.4 Å². The molecule has 0 fully saturated rings. The van der Waals surface area contributed by atoms with Gasteiger partial charge in [-0.05, 0) is 26.1 Å². The van der Waals surface area contributed by atoms with Gasteiger partial charge in [0.1, 0.15) is 6.04 Å². The van der Waals surface area contributed by atoms with Crippen LogP contribution in [-0.4, -0.2) is 46.8 Å². The molecule has 6 heteroatoms. The lowest BCUT2D eigenvalue weighted by Gasteiger charge is -2.18. The van der Waals surface area contributed by atoms with E-state index < -0.39 is 6.04 Å². The highest BCUT2D eigenvalue weighted by atomic mass is 16.2. The standard InChI is InChI=1S/C13H25N5O/c1-4-18(5-2)8-6-7-15-13(19)12(14)11-9-16-17(3)10-11/h9-10,12H,4-8,14H2,1-3H3,(H,15,19). The average Bonchev–Trinajstić information content (AvgIpc) is 2.84. The van der Waals surface area contributed by atoms with Crippen molar-refractivity contribution >= 4 is 5.91 Å². The molecule has 1 amide bonds. The maximum Gasteiger partial charge on any atom is 0.241 e. The van der Waals surface area contributed by atoms with Gasteiger partial charge >= 0.3 is 0 Å². The summed E-state index contributed by atoms with van der Waals surface area (Å²) in [5.74, 6) is -0.146. The molecule has 1 aromatic heterocycles. The van der Waals surface area contributed by atoms with Crippen molar-refractivity contribution in [1.29, 1.82) is 0 Å². The number of hydrogen-bond acceptors (Lipinski definition) is 4. The van der Waals surface area contributed by atoms with Crippen LogP contribution >= 0.6 is 0 Å². The minimum Gasteiger partial charge on any atom is -0.354 e. The smallest absolute Gasteiger partial charge is 0.241 e. The lowest BCUT2D eigenvalue weighted by molar-refractivity contribution is -0.122. The number of amides is 1. The molecule has 0 aliphatic rings. The maximum atomic E-state index is 11.8. The van der Waals surface area contributed by atoms with E-state index in [0.717, 1.165) is 31.6 Å². The van der Waals surface area contributed by atoms with E-state index in [1.165, 1.54) is 0 Å². The third-order valence-electron chi connectivity index (χ3n) is 3.21. The van der Waals surface area contributed by atoms with Crippen LogP contribution in [0.3, 0.4) is 0 Å². The second-order valence-corrected chi connectivity index (χ2v) is 4.60. The summed E-state index contributed by atoms with van der Waals surface area (Å²) in [6, 6.07) is -0.637. The predicted molar refractivity (Wildman–Crippen MR) is 75.6 cm³/mol. The number of rotatable bonds is 8. The second kappa shape index (κ2) is 7.91. The zero-order chi connectivity index (χ0) is 14.3. The predicted octanol–water partition coefficient (Wildman–Crippen LogP) is 0.268. The highest BCUT2D eigenvalue weighted by molar-refractivity contribution is 5.82. The van der Waals surface area contributed by atoms with E-state index in [0.29, 0.717) is 6.54 Å². The Hall–Kier alpha value is -1.40.